The third-order valence-corrected chi connectivity index (χ3v) is 9.90. The number of carbonyl (C=O) groups is 3. The molecule has 3 aliphatic rings. The minimum absolute atomic E-state index is 0.165. The van der Waals surface area contributed by atoms with Gasteiger partial charge >= 0.3 is 17.9 Å². The number of aliphatic hydroxyl groups excluding tert-OH is 3. The second kappa shape index (κ2) is 21.7. The first-order valence-electron chi connectivity index (χ1n) is 19.1. The summed E-state index contributed by atoms with van der Waals surface area (Å²) >= 11 is 0. The van der Waals surface area contributed by atoms with Crippen LogP contribution in [-0.4, -0.2) is 107 Å². The molecule has 0 radical (unpaired) electrons. The lowest BCUT2D eigenvalue weighted by atomic mass is 9.96. The fourth-order valence-corrected chi connectivity index (χ4v) is 6.63. The molecule has 3 aliphatic heterocycles. The first-order chi connectivity index (χ1) is 25.5. The van der Waals surface area contributed by atoms with Crippen molar-refractivity contribution in [2.45, 2.75) is 166 Å². The Hall–Kier alpha value is -3.17. The van der Waals surface area contributed by atoms with Crippen molar-refractivity contribution < 1.29 is 62.9 Å². The summed E-state index contributed by atoms with van der Waals surface area (Å²) in [6.45, 7) is 6.39. The zero-order valence-electron chi connectivity index (χ0n) is 31.4. The van der Waals surface area contributed by atoms with E-state index in [1.165, 1.54) is 25.2 Å². The van der Waals surface area contributed by atoms with E-state index >= 15 is 0 Å². The predicted octanol–water partition coefficient (Wildman–Crippen LogP) is 4.68. The maximum Gasteiger partial charge on any atom is 0.333 e. The standard InChI is InChI=1S/C40H58O13/c1-5-17-28-20-15-10-8-7-9-11-16-21-30(41)47-24-29-35(51-31(42)23-22-27-18-13-12-14-19-27)36(52-38(46)25(3)6-2)34(45)39(50-29)53-37-33(44)32(43)26(4)48-40(37)49-28/h6,12-14,18-19,22-23,26,28-29,32-37,39-40,43-45H,5,7-11,15-17,20-21,24H2,1-4H3/b23-22+,25-6+/t26-,28+,29-,32+,33+,34-,35-,36-,37-,39+,40+/m1/s1. The summed E-state index contributed by atoms with van der Waals surface area (Å²) in [5.74, 6) is -2.13. The average Bonchev–Trinajstić information content (AvgIpc) is 3.15. The smallest absolute Gasteiger partial charge is 0.333 e. The highest BCUT2D eigenvalue weighted by Gasteiger charge is 2.54. The largest absolute Gasteiger partial charge is 0.463 e. The first-order valence-corrected chi connectivity index (χ1v) is 19.1. The topological polar surface area (TPSA) is 177 Å². The van der Waals surface area contributed by atoms with Crippen LogP contribution in [0.5, 0.6) is 0 Å². The molecule has 0 spiro atoms. The number of fused-ring (bicyclic) bond motifs is 3. The fourth-order valence-electron chi connectivity index (χ4n) is 6.63. The molecule has 0 unspecified atom stereocenters. The summed E-state index contributed by atoms with van der Waals surface area (Å²) in [4.78, 5) is 39.3. The van der Waals surface area contributed by atoms with Gasteiger partial charge in [-0.3, -0.25) is 4.79 Å². The maximum absolute atomic E-state index is 13.2. The van der Waals surface area contributed by atoms with Crippen LogP contribution in [0.3, 0.4) is 0 Å². The van der Waals surface area contributed by atoms with E-state index in [1.807, 2.05) is 25.1 Å². The van der Waals surface area contributed by atoms with E-state index in [4.69, 9.17) is 33.2 Å². The van der Waals surface area contributed by atoms with Crippen LogP contribution < -0.4 is 0 Å². The number of ether oxygens (including phenoxy) is 7. The van der Waals surface area contributed by atoms with Crippen molar-refractivity contribution >= 4 is 24.0 Å². The Labute approximate surface area is 312 Å². The van der Waals surface area contributed by atoms with Gasteiger partial charge in [0.25, 0.3) is 0 Å². The number of carbonyl (C=O) groups excluding carboxylic acids is 3. The number of hydrogen-bond donors (Lipinski definition) is 3. The van der Waals surface area contributed by atoms with Gasteiger partial charge in [0, 0.05) is 18.1 Å². The Kier molecular flexibility index (Phi) is 17.4. The molecule has 11 atom stereocenters. The molecule has 0 saturated carbocycles. The van der Waals surface area contributed by atoms with E-state index in [1.54, 1.807) is 26.0 Å². The highest BCUT2D eigenvalue weighted by Crippen LogP contribution is 2.33. The Balaban J connectivity index is 1.69. The Bertz CT molecular complexity index is 1350. The van der Waals surface area contributed by atoms with Crippen molar-refractivity contribution in [1.82, 2.24) is 0 Å². The van der Waals surface area contributed by atoms with E-state index in [0.29, 0.717) is 6.42 Å². The number of allylic oxidation sites excluding steroid dienone is 1. The maximum atomic E-state index is 13.2. The number of aliphatic hydroxyl groups is 3. The molecule has 0 amide bonds. The number of hydrogen-bond acceptors (Lipinski definition) is 13. The van der Waals surface area contributed by atoms with Gasteiger partial charge in [-0.05, 0) is 51.7 Å². The lowest BCUT2D eigenvalue weighted by molar-refractivity contribution is -0.369. The van der Waals surface area contributed by atoms with Crippen molar-refractivity contribution in [3.63, 3.8) is 0 Å². The molecule has 53 heavy (non-hydrogen) atoms. The summed E-state index contributed by atoms with van der Waals surface area (Å²) in [6.07, 6.45) is -1.02. The Morgan fingerprint density at radius 3 is 2.25 bits per heavy atom. The molecule has 0 aromatic heterocycles. The third-order valence-electron chi connectivity index (χ3n) is 9.90. The molecule has 13 heteroatoms. The molecule has 1 aromatic rings. The van der Waals surface area contributed by atoms with E-state index in [2.05, 4.69) is 0 Å². The Morgan fingerprint density at radius 2 is 1.55 bits per heavy atom. The summed E-state index contributed by atoms with van der Waals surface area (Å²) < 4.78 is 42.1. The summed E-state index contributed by atoms with van der Waals surface area (Å²) in [6, 6.07) is 9.04. The van der Waals surface area contributed by atoms with Gasteiger partial charge in [0.15, 0.2) is 24.8 Å². The van der Waals surface area contributed by atoms with Crippen molar-refractivity contribution in [3.8, 4) is 0 Å². The molecule has 3 heterocycles. The quantitative estimate of drug-likeness (QED) is 0.199. The summed E-state index contributed by atoms with van der Waals surface area (Å²) in [5.41, 5.74) is 0.943. The van der Waals surface area contributed by atoms with Crippen LogP contribution in [0.4, 0.5) is 0 Å². The zero-order valence-corrected chi connectivity index (χ0v) is 31.4. The highest BCUT2D eigenvalue weighted by molar-refractivity contribution is 5.88. The van der Waals surface area contributed by atoms with Crippen LogP contribution in [0.1, 0.15) is 104 Å². The third kappa shape index (κ3) is 12.7. The number of cyclic esters (lactones) is 1. The predicted molar refractivity (Wildman–Crippen MR) is 193 cm³/mol. The van der Waals surface area contributed by atoms with Crippen LogP contribution in [0.25, 0.3) is 6.08 Å². The van der Waals surface area contributed by atoms with Crippen molar-refractivity contribution in [2.75, 3.05) is 6.61 Å². The van der Waals surface area contributed by atoms with Gasteiger partial charge in [-0.25, -0.2) is 9.59 Å². The molecule has 4 rings (SSSR count). The molecular weight excluding hydrogens is 688 g/mol. The first kappa shape index (κ1) is 42.6. The van der Waals surface area contributed by atoms with Gasteiger partial charge in [0.2, 0.25) is 0 Å². The van der Waals surface area contributed by atoms with Crippen LogP contribution in [0.2, 0.25) is 0 Å². The lowest BCUT2D eigenvalue weighted by Gasteiger charge is -2.47. The van der Waals surface area contributed by atoms with Gasteiger partial charge in [0.05, 0.1) is 12.2 Å². The minimum Gasteiger partial charge on any atom is -0.463 e. The second-order valence-corrected chi connectivity index (χ2v) is 14.1. The van der Waals surface area contributed by atoms with E-state index in [9.17, 15) is 29.7 Å². The molecular formula is C40H58O13. The molecule has 3 saturated heterocycles. The summed E-state index contributed by atoms with van der Waals surface area (Å²) in [5, 5.41) is 33.9. The van der Waals surface area contributed by atoms with E-state index in [-0.39, 0.29) is 18.1 Å². The molecule has 2 bridgehead atoms. The van der Waals surface area contributed by atoms with E-state index < -0.39 is 85.9 Å². The van der Waals surface area contributed by atoms with Gasteiger partial charge in [-0.2, -0.15) is 0 Å². The number of esters is 3. The minimum atomic E-state index is -1.79. The van der Waals surface area contributed by atoms with Crippen molar-refractivity contribution in [2.24, 2.45) is 0 Å². The Morgan fingerprint density at radius 1 is 0.849 bits per heavy atom. The number of benzene rings is 1. The number of rotatable bonds is 7. The van der Waals surface area contributed by atoms with Crippen molar-refractivity contribution in [3.05, 3.63) is 53.6 Å². The molecule has 0 aliphatic carbocycles. The van der Waals surface area contributed by atoms with Gasteiger partial charge in [-0.15, -0.1) is 0 Å². The average molecular weight is 747 g/mol. The van der Waals surface area contributed by atoms with Gasteiger partial charge < -0.3 is 48.5 Å². The molecule has 3 fully saturated rings. The van der Waals surface area contributed by atoms with Gasteiger partial charge in [-0.1, -0.05) is 88.3 Å². The lowest BCUT2D eigenvalue weighted by Crippen LogP contribution is -2.65. The normalized spacial score (nSPS) is 34.4. The van der Waals surface area contributed by atoms with Gasteiger partial charge in [0.1, 0.15) is 37.1 Å². The zero-order chi connectivity index (χ0) is 38.3. The van der Waals surface area contributed by atoms with Crippen LogP contribution in [-0.2, 0) is 47.5 Å². The molecule has 13 nitrogen and oxygen atoms in total. The monoisotopic (exact) mass is 746 g/mol. The second-order valence-electron chi connectivity index (χ2n) is 14.1. The molecule has 1 aromatic carbocycles. The molecule has 296 valence electrons. The SMILES string of the molecule is C/C=C(\C)C(=O)O[C@@H]1[C@@H](O)[C@@H]2O[C@H]3[C@H](O[C@@H](CCC)CCCCCCCCCC(=O)OC[C@@H](O2)[C@H]1OC(=O)/C=C/c1ccccc1)O[C@H](C)[C@H](O)[C@@H]3O. The molecule has 3 N–H and O–H groups in total. The summed E-state index contributed by atoms with van der Waals surface area (Å²) in [7, 11) is 0. The fraction of sp³-hybridized carbons (Fsp3) is 0.675. The van der Waals surface area contributed by atoms with Crippen LogP contribution in [0, 0.1) is 0 Å². The van der Waals surface area contributed by atoms with E-state index in [0.717, 1.165) is 63.4 Å². The van der Waals surface area contributed by atoms with Crippen LogP contribution >= 0.6 is 0 Å². The van der Waals surface area contributed by atoms with Crippen LogP contribution in [0.15, 0.2) is 48.1 Å². The van der Waals surface area contributed by atoms with Crippen molar-refractivity contribution in [1.29, 1.82) is 0 Å². The highest BCUT2D eigenvalue weighted by atomic mass is 16.8.